The Kier molecular flexibility index (Phi) is 2.27. The molecule has 0 aliphatic carbocycles. The number of thiophene rings is 2. The van der Waals surface area contributed by atoms with E-state index in [4.69, 9.17) is 5.73 Å². The first kappa shape index (κ1) is 10.5. The number of aromatic nitrogens is 2. The maximum Gasteiger partial charge on any atom is 0.261 e. The summed E-state index contributed by atoms with van der Waals surface area (Å²) >= 11 is 3.12. The molecule has 0 fully saturated rings. The van der Waals surface area contributed by atoms with Gasteiger partial charge in [0.2, 0.25) is 5.95 Å². The van der Waals surface area contributed by atoms with Crippen LogP contribution in [0.15, 0.2) is 22.3 Å². The van der Waals surface area contributed by atoms with E-state index >= 15 is 0 Å². The fourth-order valence-corrected chi connectivity index (χ4v) is 3.80. The van der Waals surface area contributed by atoms with Gasteiger partial charge in [0.1, 0.15) is 4.83 Å². The molecule has 17 heavy (non-hydrogen) atoms. The van der Waals surface area contributed by atoms with Gasteiger partial charge in [-0.15, -0.1) is 22.7 Å². The number of H-pyrrole nitrogens is 1. The number of nitrogen functional groups attached to an aromatic ring is 1. The van der Waals surface area contributed by atoms with Crippen molar-refractivity contribution >= 4 is 38.8 Å². The lowest BCUT2D eigenvalue weighted by molar-refractivity contribution is 1.20. The number of nitrogens with zero attached hydrogens (tertiary/aromatic N) is 1. The summed E-state index contributed by atoms with van der Waals surface area (Å²) in [5, 5.41) is 2.64. The molecule has 0 spiro atoms. The lowest BCUT2D eigenvalue weighted by Gasteiger charge is -1.97. The van der Waals surface area contributed by atoms with Crippen molar-refractivity contribution in [3.05, 3.63) is 32.7 Å². The Bertz CT molecular complexity index is 740. The van der Waals surface area contributed by atoms with Crippen molar-refractivity contribution < 1.29 is 0 Å². The molecular weight excluding hydrogens is 254 g/mol. The Morgan fingerprint density at radius 2 is 2.29 bits per heavy atom. The van der Waals surface area contributed by atoms with Crippen LogP contribution in [0.3, 0.4) is 0 Å². The zero-order valence-electron chi connectivity index (χ0n) is 8.98. The minimum absolute atomic E-state index is 0.166. The summed E-state index contributed by atoms with van der Waals surface area (Å²) in [5.74, 6) is 0.168. The van der Waals surface area contributed by atoms with Gasteiger partial charge in [-0.2, -0.15) is 0 Å². The van der Waals surface area contributed by atoms with Gasteiger partial charge in [-0.3, -0.25) is 9.78 Å². The summed E-state index contributed by atoms with van der Waals surface area (Å²) in [7, 11) is 0. The van der Waals surface area contributed by atoms with E-state index in [9.17, 15) is 4.79 Å². The molecule has 86 valence electrons. The van der Waals surface area contributed by atoms with Crippen LogP contribution >= 0.6 is 22.7 Å². The molecule has 3 rings (SSSR count). The molecule has 3 aromatic rings. The average molecular weight is 263 g/mol. The van der Waals surface area contributed by atoms with E-state index in [1.807, 2.05) is 24.4 Å². The van der Waals surface area contributed by atoms with Crippen LogP contribution in [0, 0.1) is 6.92 Å². The third kappa shape index (κ3) is 1.57. The average Bonchev–Trinajstić information content (AvgIpc) is 2.83. The van der Waals surface area contributed by atoms with Crippen LogP contribution in [0.5, 0.6) is 0 Å². The van der Waals surface area contributed by atoms with E-state index in [0.29, 0.717) is 10.2 Å². The molecule has 0 radical (unpaired) electrons. The highest BCUT2D eigenvalue weighted by atomic mass is 32.1. The van der Waals surface area contributed by atoms with Crippen molar-refractivity contribution in [2.45, 2.75) is 6.92 Å². The summed E-state index contributed by atoms with van der Waals surface area (Å²) in [6.07, 6.45) is 0. The molecular formula is C11H9N3OS2. The van der Waals surface area contributed by atoms with Crippen molar-refractivity contribution in [2.24, 2.45) is 0 Å². The molecule has 0 bridgehead atoms. The summed E-state index contributed by atoms with van der Waals surface area (Å²) in [6.45, 7) is 2.00. The number of aryl methyl sites for hydroxylation is 1. The number of nitrogens with two attached hydrogens (primary N) is 1. The van der Waals surface area contributed by atoms with Crippen molar-refractivity contribution in [3.8, 4) is 10.4 Å². The van der Waals surface area contributed by atoms with Crippen LogP contribution in [0.4, 0.5) is 5.95 Å². The van der Waals surface area contributed by atoms with E-state index < -0.39 is 0 Å². The first-order chi connectivity index (χ1) is 8.16. The van der Waals surface area contributed by atoms with Gasteiger partial charge in [-0.1, -0.05) is 6.07 Å². The van der Waals surface area contributed by atoms with Crippen LogP contribution in [0.25, 0.3) is 20.7 Å². The molecule has 4 nitrogen and oxygen atoms in total. The van der Waals surface area contributed by atoms with Gasteiger partial charge in [0.25, 0.3) is 5.56 Å². The Labute approximate surface area is 105 Å². The molecule has 0 aliphatic heterocycles. The molecule has 0 atom stereocenters. The highest BCUT2D eigenvalue weighted by Gasteiger charge is 2.16. The molecule has 0 amide bonds. The SMILES string of the molecule is Cc1sc2nc(N)[nH]c(=O)c2c1-c1cccs1. The molecule has 0 aliphatic rings. The van der Waals surface area contributed by atoms with Crippen molar-refractivity contribution in [3.63, 3.8) is 0 Å². The molecule has 3 N–H and O–H groups in total. The Balaban J connectivity index is 2.47. The van der Waals surface area contributed by atoms with Crippen LogP contribution in [0.1, 0.15) is 4.88 Å². The van der Waals surface area contributed by atoms with Gasteiger partial charge < -0.3 is 5.73 Å². The van der Waals surface area contributed by atoms with E-state index in [0.717, 1.165) is 15.3 Å². The highest BCUT2D eigenvalue weighted by molar-refractivity contribution is 7.20. The fraction of sp³-hybridized carbons (Fsp3) is 0.0909. The minimum Gasteiger partial charge on any atom is -0.369 e. The molecule has 0 saturated heterocycles. The van der Waals surface area contributed by atoms with E-state index in [-0.39, 0.29) is 11.5 Å². The topological polar surface area (TPSA) is 71.8 Å². The number of anilines is 1. The number of aromatic amines is 1. The van der Waals surface area contributed by atoms with Crippen LogP contribution in [0.2, 0.25) is 0 Å². The Hall–Kier alpha value is -1.66. The number of hydrogen-bond acceptors (Lipinski definition) is 5. The number of fused-ring (bicyclic) bond motifs is 1. The van der Waals surface area contributed by atoms with Gasteiger partial charge in [0.05, 0.1) is 5.39 Å². The monoisotopic (exact) mass is 263 g/mol. The maximum atomic E-state index is 12.0. The van der Waals surface area contributed by atoms with Crippen LogP contribution in [-0.2, 0) is 0 Å². The van der Waals surface area contributed by atoms with Crippen LogP contribution < -0.4 is 11.3 Å². The molecule has 0 saturated carbocycles. The van der Waals surface area contributed by atoms with Gasteiger partial charge in [-0.25, -0.2) is 4.98 Å². The Morgan fingerprint density at radius 1 is 1.47 bits per heavy atom. The number of nitrogens with one attached hydrogen (secondary N) is 1. The van der Waals surface area contributed by atoms with Gasteiger partial charge in [0.15, 0.2) is 0 Å². The second-order valence-corrected chi connectivity index (χ2v) is 5.79. The third-order valence-corrected chi connectivity index (χ3v) is 4.41. The van der Waals surface area contributed by atoms with Crippen molar-refractivity contribution in [2.75, 3.05) is 5.73 Å². The second-order valence-electron chi connectivity index (χ2n) is 3.64. The molecule has 3 heterocycles. The Morgan fingerprint density at radius 3 is 3.00 bits per heavy atom. The third-order valence-electron chi connectivity index (χ3n) is 2.52. The first-order valence-corrected chi connectivity index (χ1v) is 6.69. The first-order valence-electron chi connectivity index (χ1n) is 4.99. The second kappa shape index (κ2) is 3.68. The summed E-state index contributed by atoms with van der Waals surface area (Å²) < 4.78 is 0. The predicted molar refractivity (Wildman–Crippen MR) is 72.7 cm³/mol. The zero-order valence-corrected chi connectivity index (χ0v) is 10.6. The van der Waals surface area contributed by atoms with Crippen molar-refractivity contribution in [1.29, 1.82) is 0 Å². The largest absolute Gasteiger partial charge is 0.369 e. The van der Waals surface area contributed by atoms with Crippen LogP contribution in [-0.4, -0.2) is 9.97 Å². The molecule has 3 aromatic heterocycles. The predicted octanol–water partition coefficient (Wildman–Crippen LogP) is 2.60. The minimum atomic E-state index is -0.166. The smallest absolute Gasteiger partial charge is 0.261 e. The maximum absolute atomic E-state index is 12.0. The standard InChI is InChI=1S/C11H9N3OS2/c1-5-7(6-3-2-4-16-6)8-9(15)13-11(12)14-10(8)17-5/h2-4H,1H3,(H3,12,13,14,15). The molecule has 0 unspecified atom stereocenters. The van der Waals surface area contributed by atoms with Gasteiger partial charge >= 0.3 is 0 Å². The summed E-state index contributed by atoms with van der Waals surface area (Å²) in [6, 6.07) is 3.98. The fourth-order valence-electron chi connectivity index (χ4n) is 1.85. The van der Waals surface area contributed by atoms with Gasteiger partial charge in [-0.05, 0) is 18.4 Å². The van der Waals surface area contributed by atoms with E-state index in [2.05, 4.69) is 9.97 Å². The number of rotatable bonds is 1. The zero-order chi connectivity index (χ0) is 12.0. The highest BCUT2D eigenvalue weighted by Crippen LogP contribution is 2.37. The lowest BCUT2D eigenvalue weighted by Crippen LogP contribution is -2.10. The quantitative estimate of drug-likeness (QED) is 0.709. The number of hydrogen-bond donors (Lipinski definition) is 2. The summed E-state index contributed by atoms with van der Waals surface area (Å²) in [5.41, 5.74) is 6.36. The van der Waals surface area contributed by atoms with E-state index in [1.54, 1.807) is 11.3 Å². The van der Waals surface area contributed by atoms with Gasteiger partial charge in [0, 0.05) is 15.3 Å². The van der Waals surface area contributed by atoms with Crippen molar-refractivity contribution in [1.82, 2.24) is 9.97 Å². The molecule has 6 heteroatoms. The van der Waals surface area contributed by atoms with E-state index in [1.165, 1.54) is 11.3 Å². The summed E-state index contributed by atoms with van der Waals surface area (Å²) in [4.78, 5) is 21.6. The normalized spacial score (nSPS) is 11.1. The lowest BCUT2D eigenvalue weighted by atomic mass is 10.1. The molecule has 0 aromatic carbocycles.